The van der Waals surface area contributed by atoms with Crippen molar-refractivity contribution in [2.45, 2.75) is 44.9 Å². The second-order valence-corrected chi connectivity index (χ2v) is 5.08. The van der Waals surface area contributed by atoms with E-state index in [0.29, 0.717) is 6.42 Å². The van der Waals surface area contributed by atoms with Crippen molar-refractivity contribution in [2.75, 3.05) is 6.54 Å². The van der Waals surface area contributed by atoms with E-state index in [4.69, 9.17) is 6.42 Å². The maximum atomic E-state index is 11.5. The van der Waals surface area contributed by atoms with Gasteiger partial charge in [0.05, 0.1) is 0 Å². The van der Waals surface area contributed by atoms with Gasteiger partial charge < -0.3 is 10.2 Å². The molecule has 4 nitrogen and oxygen atoms in total. The number of aliphatic hydroxyl groups is 1. The van der Waals surface area contributed by atoms with E-state index in [1.54, 1.807) is 0 Å². The third-order valence-corrected chi connectivity index (χ3v) is 3.26. The minimum absolute atomic E-state index is 0.188. The number of rotatable bonds is 0. The number of carboxylic acid groups (broad SMARTS) is 1. The van der Waals surface area contributed by atoms with Crippen LogP contribution in [0.4, 0.5) is 4.79 Å². The Bertz CT molecular complexity index is 313. The van der Waals surface area contributed by atoms with E-state index in [-0.39, 0.29) is 11.0 Å². The van der Waals surface area contributed by atoms with Crippen molar-refractivity contribution in [1.29, 1.82) is 0 Å². The number of likely N-dealkylation sites (tertiary alicyclic amines) is 1. The molecule has 1 unspecified atom stereocenters. The number of amides is 1. The maximum absolute atomic E-state index is 11.5. The number of quaternary nitrogens is 1. The molecule has 0 bridgehead atoms. The number of nitrogens with zero attached hydrogens (tertiary/aromatic N) is 1. The molecule has 1 fully saturated rings. The molecular weight excluding hydrogens is 194 g/mol. The Kier molecular flexibility index (Phi) is 2.81. The molecule has 1 heterocycles. The van der Waals surface area contributed by atoms with Gasteiger partial charge in [-0.15, -0.1) is 6.42 Å². The smallest absolute Gasteiger partial charge is 0.435 e. The van der Waals surface area contributed by atoms with E-state index in [9.17, 15) is 15.0 Å². The third kappa shape index (κ3) is 1.62. The molecule has 4 heteroatoms. The lowest BCUT2D eigenvalue weighted by Gasteiger charge is -2.42. The Hall–Kier alpha value is -1.05. The molecule has 0 spiro atoms. The summed E-state index contributed by atoms with van der Waals surface area (Å²) in [5.41, 5.74) is -0.514. The normalized spacial score (nSPS) is 36.2. The zero-order chi connectivity index (χ0) is 11.9. The van der Waals surface area contributed by atoms with Crippen molar-refractivity contribution >= 4 is 6.09 Å². The van der Waals surface area contributed by atoms with Crippen molar-refractivity contribution in [3.8, 4) is 12.3 Å². The van der Waals surface area contributed by atoms with Crippen LogP contribution in [0.15, 0.2) is 0 Å². The number of hydrogen-bond donors (Lipinski definition) is 2. The fraction of sp³-hybridized carbons (Fsp3) is 0.727. The highest BCUT2D eigenvalue weighted by Gasteiger charge is 2.58. The third-order valence-electron chi connectivity index (χ3n) is 3.26. The SMILES string of the molecule is C#C[C@H]1C[C@H](O)C[N+]1(C(=O)O)C(C)(C)C. The van der Waals surface area contributed by atoms with E-state index in [1.807, 2.05) is 20.8 Å². The van der Waals surface area contributed by atoms with Crippen LogP contribution in [-0.2, 0) is 0 Å². The minimum Gasteiger partial charge on any atom is -0.435 e. The van der Waals surface area contributed by atoms with Gasteiger partial charge in [0.15, 0.2) is 6.04 Å². The summed E-state index contributed by atoms with van der Waals surface area (Å²) < 4.78 is -0.245. The van der Waals surface area contributed by atoms with E-state index in [1.165, 1.54) is 0 Å². The molecule has 0 saturated carbocycles. The van der Waals surface area contributed by atoms with Crippen LogP contribution in [0.2, 0.25) is 0 Å². The van der Waals surface area contributed by atoms with Gasteiger partial charge >= 0.3 is 6.09 Å². The quantitative estimate of drug-likeness (QED) is 0.466. The van der Waals surface area contributed by atoms with Crippen LogP contribution in [0.5, 0.6) is 0 Å². The van der Waals surface area contributed by atoms with Crippen LogP contribution >= 0.6 is 0 Å². The summed E-state index contributed by atoms with van der Waals surface area (Å²) in [6.07, 6.45) is 4.15. The standard InChI is InChI=1S/C11H17NO3/c1-5-8-6-9(13)7-12(8,10(14)15)11(2,3)4/h1,8-9,13H,6-7H2,2-4H3/p+1/t8-,9-,12?/m0/s1. The highest BCUT2D eigenvalue weighted by molar-refractivity contribution is 5.58. The van der Waals surface area contributed by atoms with Crippen molar-refractivity contribution in [2.24, 2.45) is 0 Å². The average molecular weight is 212 g/mol. The van der Waals surface area contributed by atoms with Crippen LogP contribution in [0.1, 0.15) is 27.2 Å². The van der Waals surface area contributed by atoms with Gasteiger partial charge in [-0.2, -0.15) is 4.79 Å². The van der Waals surface area contributed by atoms with Crippen LogP contribution in [0.25, 0.3) is 0 Å². The fourth-order valence-electron chi connectivity index (χ4n) is 2.41. The predicted octanol–water partition coefficient (Wildman–Crippen LogP) is 1.05. The van der Waals surface area contributed by atoms with Crippen molar-refractivity contribution < 1.29 is 19.5 Å². The first-order valence-corrected chi connectivity index (χ1v) is 5.01. The predicted molar refractivity (Wildman–Crippen MR) is 56.2 cm³/mol. The van der Waals surface area contributed by atoms with Gasteiger partial charge in [0.25, 0.3) is 0 Å². The maximum Gasteiger partial charge on any atom is 0.515 e. The molecule has 0 aromatic heterocycles. The van der Waals surface area contributed by atoms with Crippen LogP contribution in [0.3, 0.4) is 0 Å². The molecule has 0 aromatic rings. The van der Waals surface area contributed by atoms with Crippen LogP contribution in [-0.4, -0.2) is 45.0 Å². The van der Waals surface area contributed by atoms with Crippen LogP contribution < -0.4 is 0 Å². The lowest BCUT2D eigenvalue weighted by atomic mass is 10.00. The zero-order valence-electron chi connectivity index (χ0n) is 9.40. The lowest BCUT2D eigenvalue weighted by Crippen LogP contribution is -2.65. The Morgan fingerprint density at radius 2 is 2.07 bits per heavy atom. The highest BCUT2D eigenvalue weighted by Crippen LogP contribution is 2.36. The highest BCUT2D eigenvalue weighted by atomic mass is 16.4. The molecule has 1 aliphatic heterocycles. The minimum atomic E-state index is -0.956. The van der Waals surface area contributed by atoms with Crippen LogP contribution in [0, 0.1) is 12.3 Å². The Morgan fingerprint density at radius 3 is 2.33 bits per heavy atom. The van der Waals surface area contributed by atoms with E-state index >= 15 is 0 Å². The van der Waals surface area contributed by atoms with Gasteiger partial charge in [-0.3, -0.25) is 0 Å². The molecule has 0 radical (unpaired) electrons. The Morgan fingerprint density at radius 1 is 1.53 bits per heavy atom. The molecule has 1 saturated heterocycles. The second-order valence-electron chi connectivity index (χ2n) is 5.08. The first-order chi connectivity index (χ1) is 6.75. The summed E-state index contributed by atoms with van der Waals surface area (Å²) >= 11 is 0. The van der Waals surface area contributed by atoms with Gasteiger partial charge in [0.1, 0.15) is 18.2 Å². The lowest BCUT2D eigenvalue weighted by molar-refractivity contribution is -0.908. The molecular formula is C11H18NO3+. The Balaban J connectivity index is 3.24. The zero-order valence-corrected chi connectivity index (χ0v) is 9.40. The number of terminal acetylenes is 1. The molecule has 2 N–H and O–H groups in total. The molecule has 1 aliphatic rings. The van der Waals surface area contributed by atoms with E-state index < -0.39 is 23.8 Å². The first-order valence-electron chi connectivity index (χ1n) is 5.01. The summed E-state index contributed by atoms with van der Waals surface area (Å²) in [5, 5.41) is 19.0. The number of hydrogen-bond acceptors (Lipinski definition) is 2. The van der Waals surface area contributed by atoms with Crippen molar-refractivity contribution in [1.82, 2.24) is 0 Å². The van der Waals surface area contributed by atoms with E-state index in [2.05, 4.69) is 5.92 Å². The summed E-state index contributed by atoms with van der Waals surface area (Å²) in [4.78, 5) is 11.5. The van der Waals surface area contributed by atoms with Gasteiger partial charge in [0, 0.05) is 6.42 Å². The first kappa shape index (κ1) is 12.0. The monoisotopic (exact) mass is 212 g/mol. The molecule has 0 aliphatic carbocycles. The van der Waals surface area contributed by atoms with Gasteiger partial charge in [-0.05, 0) is 26.7 Å². The molecule has 15 heavy (non-hydrogen) atoms. The molecule has 1 amide bonds. The summed E-state index contributed by atoms with van der Waals surface area (Å²) in [6, 6.07) is -0.447. The fourth-order valence-corrected chi connectivity index (χ4v) is 2.41. The topological polar surface area (TPSA) is 57.5 Å². The summed E-state index contributed by atoms with van der Waals surface area (Å²) in [7, 11) is 0. The van der Waals surface area contributed by atoms with E-state index in [0.717, 1.165) is 0 Å². The number of carbonyl (C=O) groups is 1. The molecule has 84 valence electrons. The second kappa shape index (κ2) is 3.51. The molecule has 1 rings (SSSR count). The van der Waals surface area contributed by atoms with Gasteiger partial charge in [-0.25, -0.2) is 4.48 Å². The molecule has 0 aromatic carbocycles. The van der Waals surface area contributed by atoms with Crippen molar-refractivity contribution in [3.05, 3.63) is 0 Å². The van der Waals surface area contributed by atoms with Gasteiger partial charge in [-0.1, -0.05) is 0 Å². The van der Waals surface area contributed by atoms with Crippen molar-refractivity contribution in [3.63, 3.8) is 0 Å². The summed E-state index contributed by atoms with van der Waals surface area (Å²) in [5.74, 6) is 2.50. The average Bonchev–Trinajstić information content (AvgIpc) is 2.42. The molecule has 3 atom stereocenters. The van der Waals surface area contributed by atoms with Gasteiger partial charge in [0.2, 0.25) is 0 Å². The number of aliphatic hydroxyl groups excluding tert-OH is 1. The Labute approximate surface area is 90.1 Å². The largest absolute Gasteiger partial charge is 0.515 e. The summed E-state index contributed by atoms with van der Waals surface area (Å²) in [6.45, 7) is 5.70.